The highest BCUT2D eigenvalue weighted by molar-refractivity contribution is 5.90. The molecule has 8 nitrogen and oxygen atoms in total. The van der Waals surface area contributed by atoms with E-state index in [1.165, 1.54) is 4.40 Å². The summed E-state index contributed by atoms with van der Waals surface area (Å²) in [5.74, 6) is 0.960. The summed E-state index contributed by atoms with van der Waals surface area (Å²) in [5, 5.41) is 6.93. The fourth-order valence-corrected chi connectivity index (χ4v) is 2.78. The van der Waals surface area contributed by atoms with E-state index >= 15 is 0 Å². The molecule has 0 saturated heterocycles. The molecule has 0 unspecified atom stereocenters. The number of pyridine rings is 2. The maximum atomic E-state index is 12.3. The highest BCUT2D eigenvalue weighted by Crippen LogP contribution is 2.26. The molecule has 4 aromatic rings. The Kier molecular flexibility index (Phi) is 4.59. The number of benzene rings is 1. The lowest BCUT2D eigenvalue weighted by molar-refractivity contribution is -0.117. The van der Waals surface area contributed by atoms with Gasteiger partial charge in [-0.05, 0) is 55.0 Å². The second kappa shape index (κ2) is 7.36. The van der Waals surface area contributed by atoms with Crippen molar-refractivity contribution in [1.82, 2.24) is 19.2 Å². The van der Waals surface area contributed by atoms with Crippen LogP contribution < -0.4 is 15.7 Å². The number of anilines is 1. The topological polar surface area (TPSA) is 90.5 Å². The number of ether oxygens (including phenoxy) is 1. The van der Waals surface area contributed by atoms with E-state index in [9.17, 15) is 9.59 Å². The molecular formula is C20H17N5O3. The van der Waals surface area contributed by atoms with Crippen molar-refractivity contribution in [3.8, 4) is 11.5 Å². The van der Waals surface area contributed by atoms with Crippen molar-refractivity contribution >= 4 is 17.2 Å². The molecule has 1 amide bonds. The molecule has 0 atom stereocenters. The summed E-state index contributed by atoms with van der Waals surface area (Å²) in [6, 6.07) is 14.1. The second-order valence-corrected chi connectivity index (χ2v) is 6.19. The van der Waals surface area contributed by atoms with E-state index in [0.717, 1.165) is 10.2 Å². The van der Waals surface area contributed by atoms with Gasteiger partial charge in [0, 0.05) is 18.1 Å². The van der Waals surface area contributed by atoms with Crippen molar-refractivity contribution in [2.75, 3.05) is 5.32 Å². The number of hydrogen-bond acceptors (Lipinski definition) is 5. The Labute approximate surface area is 160 Å². The summed E-state index contributed by atoms with van der Waals surface area (Å²) < 4.78 is 8.31. The van der Waals surface area contributed by atoms with Gasteiger partial charge in [0.2, 0.25) is 5.91 Å². The number of aromatic nitrogens is 4. The Bertz CT molecular complexity index is 1200. The number of nitrogens with one attached hydrogen (secondary N) is 1. The average Bonchev–Trinajstić information content (AvgIpc) is 3.00. The number of carbonyl (C=O) groups excluding carboxylic acids is 1. The van der Waals surface area contributed by atoms with Crippen LogP contribution in [0.4, 0.5) is 5.69 Å². The van der Waals surface area contributed by atoms with Gasteiger partial charge in [0.05, 0.1) is 6.20 Å². The first kappa shape index (κ1) is 17.5. The van der Waals surface area contributed by atoms with E-state index in [-0.39, 0.29) is 18.1 Å². The van der Waals surface area contributed by atoms with Crippen LogP contribution in [0.2, 0.25) is 0 Å². The molecule has 1 N–H and O–H groups in total. The second-order valence-electron chi connectivity index (χ2n) is 6.19. The van der Waals surface area contributed by atoms with Gasteiger partial charge in [0.15, 0.2) is 5.65 Å². The zero-order chi connectivity index (χ0) is 19.5. The molecule has 0 spiro atoms. The van der Waals surface area contributed by atoms with Crippen LogP contribution in [0.15, 0.2) is 71.9 Å². The van der Waals surface area contributed by atoms with Crippen molar-refractivity contribution in [1.29, 1.82) is 0 Å². The summed E-state index contributed by atoms with van der Waals surface area (Å²) in [5.41, 5.74) is 1.60. The van der Waals surface area contributed by atoms with Gasteiger partial charge in [0.1, 0.15) is 18.0 Å². The Hall–Kier alpha value is -3.94. The molecule has 4 rings (SSSR count). The van der Waals surface area contributed by atoms with Crippen molar-refractivity contribution in [3.63, 3.8) is 0 Å². The monoisotopic (exact) mass is 375 g/mol. The Balaban J connectivity index is 1.46. The van der Waals surface area contributed by atoms with Crippen LogP contribution in [0, 0.1) is 6.92 Å². The van der Waals surface area contributed by atoms with E-state index in [1.807, 2.05) is 13.0 Å². The maximum Gasteiger partial charge on any atom is 0.350 e. The minimum absolute atomic E-state index is 0.173. The molecule has 0 aliphatic rings. The summed E-state index contributed by atoms with van der Waals surface area (Å²) in [7, 11) is 0. The van der Waals surface area contributed by atoms with Gasteiger partial charge < -0.3 is 10.1 Å². The predicted molar refractivity (Wildman–Crippen MR) is 104 cm³/mol. The highest BCUT2D eigenvalue weighted by Gasteiger charge is 2.11. The van der Waals surface area contributed by atoms with Gasteiger partial charge in [-0.3, -0.25) is 14.2 Å². The van der Waals surface area contributed by atoms with Crippen LogP contribution in [-0.2, 0) is 11.3 Å². The lowest BCUT2D eigenvalue weighted by atomic mass is 10.2. The van der Waals surface area contributed by atoms with Crippen LogP contribution in [0.25, 0.3) is 5.65 Å². The number of fused-ring (bicyclic) bond motifs is 1. The van der Waals surface area contributed by atoms with Crippen molar-refractivity contribution in [3.05, 3.63) is 83.2 Å². The third kappa shape index (κ3) is 3.61. The molecule has 0 bridgehead atoms. The van der Waals surface area contributed by atoms with E-state index < -0.39 is 0 Å². The molecule has 0 fully saturated rings. The summed E-state index contributed by atoms with van der Waals surface area (Å²) in [4.78, 5) is 28.6. The molecule has 1 aromatic carbocycles. The molecule has 3 heterocycles. The van der Waals surface area contributed by atoms with E-state index in [4.69, 9.17) is 4.74 Å². The lowest BCUT2D eigenvalue weighted by Crippen LogP contribution is -2.28. The molecule has 0 aliphatic carbocycles. The van der Waals surface area contributed by atoms with E-state index in [2.05, 4.69) is 15.4 Å². The zero-order valence-corrected chi connectivity index (χ0v) is 15.1. The van der Waals surface area contributed by atoms with Crippen molar-refractivity contribution in [2.24, 2.45) is 0 Å². The van der Waals surface area contributed by atoms with Crippen LogP contribution >= 0.6 is 0 Å². The molecule has 3 aromatic heterocycles. The minimum Gasteiger partial charge on any atom is -0.455 e. The number of nitrogens with zero attached hydrogens (tertiary/aromatic N) is 4. The third-order valence-corrected chi connectivity index (χ3v) is 4.10. The summed E-state index contributed by atoms with van der Waals surface area (Å²) in [6.07, 6.45) is 4.91. The predicted octanol–water partition coefficient (Wildman–Crippen LogP) is 2.63. The normalized spacial score (nSPS) is 10.8. The van der Waals surface area contributed by atoms with Crippen LogP contribution in [0.1, 0.15) is 5.56 Å². The van der Waals surface area contributed by atoms with Crippen LogP contribution in [0.3, 0.4) is 0 Å². The minimum atomic E-state index is -0.359. The summed E-state index contributed by atoms with van der Waals surface area (Å²) >= 11 is 0. The number of amides is 1. The fourth-order valence-electron chi connectivity index (χ4n) is 2.78. The first-order valence-electron chi connectivity index (χ1n) is 8.63. The van der Waals surface area contributed by atoms with Gasteiger partial charge in [-0.1, -0.05) is 6.07 Å². The first-order chi connectivity index (χ1) is 13.6. The molecule has 8 heteroatoms. The quantitative estimate of drug-likeness (QED) is 0.579. The van der Waals surface area contributed by atoms with Gasteiger partial charge in [-0.25, -0.2) is 9.48 Å². The number of carbonyl (C=O) groups is 1. The fraction of sp³-hybridized carbons (Fsp3) is 0.100. The van der Waals surface area contributed by atoms with Gasteiger partial charge in [-0.2, -0.15) is 0 Å². The van der Waals surface area contributed by atoms with Crippen LogP contribution in [-0.4, -0.2) is 25.1 Å². The number of aryl methyl sites for hydroxylation is 1. The number of rotatable bonds is 5. The van der Waals surface area contributed by atoms with Gasteiger partial charge in [-0.15, -0.1) is 5.10 Å². The smallest absolute Gasteiger partial charge is 0.350 e. The third-order valence-electron chi connectivity index (χ3n) is 4.10. The van der Waals surface area contributed by atoms with Crippen molar-refractivity contribution < 1.29 is 9.53 Å². The Morgan fingerprint density at radius 2 is 2.07 bits per heavy atom. The zero-order valence-electron chi connectivity index (χ0n) is 15.1. The average molecular weight is 375 g/mol. The molecule has 28 heavy (non-hydrogen) atoms. The Morgan fingerprint density at radius 3 is 2.82 bits per heavy atom. The van der Waals surface area contributed by atoms with Gasteiger partial charge >= 0.3 is 5.69 Å². The SMILES string of the molecule is Cc1cc(NC(=O)Cn2nc3ccccn3c2=O)ccc1Oc1cccnc1. The number of hydrogen-bond donors (Lipinski definition) is 1. The van der Waals surface area contributed by atoms with Crippen molar-refractivity contribution in [2.45, 2.75) is 13.5 Å². The van der Waals surface area contributed by atoms with E-state index in [0.29, 0.717) is 22.8 Å². The molecule has 0 aliphatic heterocycles. The first-order valence-corrected chi connectivity index (χ1v) is 8.63. The van der Waals surface area contributed by atoms with Gasteiger partial charge in [0.25, 0.3) is 0 Å². The van der Waals surface area contributed by atoms with Crippen LogP contribution in [0.5, 0.6) is 11.5 Å². The molecule has 0 saturated carbocycles. The Morgan fingerprint density at radius 1 is 1.18 bits per heavy atom. The molecule has 140 valence electrons. The lowest BCUT2D eigenvalue weighted by Gasteiger charge is -2.11. The molecular weight excluding hydrogens is 358 g/mol. The maximum absolute atomic E-state index is 12.3. The molecule has 0 radical (unpaired) electrons. The summed E-state index contributed by atoms with van der Waals surface area (Å²) in [6.45, 7) is 1.71. The largest absolute Gasteiger partial charge is 0.455 e. The van der Waals surface area contributed by atoms with E-state index in [1.54, 1.807) is 61.1 Å². The highest BCUT2D eigenvalue weighted by atomic mass is 16.5. The standard InChI is InChI=1S/C20H17N5O3/c1-14-11-15(7-8-17(14)28-16-5-4-9-21-12-16)22-19(26)13-25-20(27)24-10-3-2-6-18(24)23-25/h2-12H,13H2,1H3,(H,22,26).